The maximum absolute atomic E-state index is 14.4. The maximum Gasteiger partial charge on any atom is 0.223 e. The van der Waals surface area contributed by atoms with E-state index in [1.165, 1.54) is 0 Å². The molecule has 1 atom stereocenters. The van der Waals surface area contributed by atoms with E-state index < -0.39 is 5.82 Å². The summed E-state index contributed by atoms with van der Waals surface area (Å²) in [4.78, 5) is 30.3. The summed E-state index contributed by atoms with van der Waals surface area (Å²) in [5.74, 6) is 0.0405. The van der Waals surface area contributed by atoms with Crippen molar-refractivity contribution in [3.05, 3.63) is 48.2 Å². The molecule has 1 amide bonds. The van der Waals surface area contributed by atoms with Crippen LogP contribution in [0.3, 0.4) is 0 Å². The highest BCUT2D eigenvalue weighted by molar-refractivity contribution is 6.31. The highest BCUT2D eigenvalue weighted by Gasteiger charge is 2.26. The van der Waals surface area contributed by atoms with Crippen LogP contribution in [-0.4, -0.2) is 49.9 Å². The van der Waals surface area contributed by atoms with E-state index in [0.29, 0.717) is 41.4 Å². The summed E-state index contributed by atoms with van der Waals surface area (Å²) in [5.41, 5.74) is 1.34. The molecule has 1 saturated heterocycles. The number of allylic oxidation sites excluding steroid dienone is 1. The number of pyridine rings is 1. The van der Waals surface area contributed by atoms with Crippen molar-refractivity contribution in [3.8, 4) is 11.4 Å². The first-order chi connectivity index (χ1) is 15.1. The third-order valence-electron chi connectivity index (χ3n) is 5.50. The second-order valence-electron chi connectivity index (χ2n) is 7.59. The minimum absolute atomic E-state index is 0.0000222. The molecule has 0 aromatic carbocycles. The molecule has 1 aliphatic heterocycles. The molecule has 7 nitrogen and oxygen atoms in total. The standard InChI is InChI=1S/C22H24ClFN6O/c1-2-3-7-19(31)30-8-5-4-6-15(30)11-26-22-18(24)13-28-21(29-22)17-12-27-20-16(17)9-14(23)10-25-20/h2,9-10,12-13,15H,1,3-8,11H2,(H,25,27)(H,26,28,29). The molecule has 1 fully saturated rings. The fourth-order valence-corrected chi connectivity index (χ4v) is 4.07. The van der Waals surface area contributed by atoms with E-state index in [4.69, 9.17) is 11.6 Å². The molecule has 9 heteroatoms. The molecule has 3 aromatic heterocycles. The highest BCUT2D eigenvalue weighted by atomic mass is 35.5. The average molecular weight is 443 g/mol. The number of H-pyrrole nitrogens is 1. The Morgan fingerprint density at radius 1 is 1.39 bits per heavy atom. The van der Waals surface area contributed by atoms with Gasteiger partial charge in [-0.2, -0.15) is 0 Å². The van der Waals surface area contributed by atoms with E-state index in [0.717, 1.165) is 37.4 Å². The van der Waals surface area contributed by atoms with E-state index in [1.807, 2.05) is 4.90 Å². The molecule has 162 valence electrons. The summed E-state index contributed by atoms with van der Waals surface area (Å²) in [6.07, 6.45) is 10.2. The lowest BCUT2D eigenvalue weighted by atomic mass is 10.0. The summed E-state index contributed by atoms with van der Waals surface area (Å²) in [6.45, 7) is 4.83. The molecule has 0 bridgehead atoms. The second-order valence-corrected chi connectivity index (χ2v) is 8.02. The number of aromatic amines is 1. The summed E-state index contributed by atoms with van der Waals surface area (Å²) >= 11 is 6.07. The van der Waals surface area contributed by atoms with Gasteiger partial charge in [0.1, 0.15) is 5.65 Å². The van der Waals surface area contributed by atoms with Gasteiger partial charge in [0.15, 0.2) is 17.5 Å². The van der Waals surface area contributed by atoms with E-state index >= 15 is 0 Å². The van der Waals surface area contributed by atoms with Crippen molar-refractivity contribution in [2.45, 2.75) is 38.1 Å². The lowest BCUT2D eigenvalue weighted by molar-refractivity contribution is -0.134. The molecule has 3 aromatic rings. The van der Waals surface area contributed by atoms with Crippen LogP contribution in [0.25, 0.3) is 22.4 Å². The predicted octanol–water partition coefficient (Wildman–Crippen LogP) is 4.57. The fourth-order valence-electron chi connectivity index (χ4n) is 3.91. The van der Waals surface area contributed by atoms with Gasteiger partial charge in [-0.05, 0) is 31.7 Å². The van der Waals surface area contributed by atoms with Crippen LogP contribution in [0.5, 0.6) is 0 Å². The van der Waals surface area contributed by atoms with Gasteiger partial charge in [-0.15, -0.1) is 6.58 Å². The minimum atomic E-state index is -0.542. The van der Waals surface area contributed by atoms with Gasteiger partial charge < -0.3 is 15.2 Å². The Kier molecular flexibility index (Phi) is 6.46. The van der Waals surface area contributed by atoms with Crippen LogP contribution in [0.15, 0.2) is 37.3 Å². The number of amides is 1. The van der Waals surface area contributed by atoms with Crippen molar-refractivity contribution in [3.63, 3.8) is 0 Å². The van der Waals surface area contributed by atoms with Crippen LogP contribution in [0.4, 0.5) is 10.2 Å². The number of nitrogens with one attached hydrogen (secondary N) is 2. The Hall–Kier alpha value is -3.00. The Labute approximate surface area is 184 Å². The Morgan fingerprint density at radius 2 is 2.26 bits per heavy atom. The van der Waals surface area contributed by atoms with Crippen molar-refractivity contribution in [1.29, 1.82) is 0 Å². The van der Waals surface area contributed by atoms with Crippen molar-refractivity contribution < 1.29 is 9.18 Å². The van der Waals surface area contributed by atoms with E-state index in [9.17, 15) is 9.18 Å². The van der Waals surface area contributed by atoms with E-state index in [-0.39, 0.29) is 17.8 Å². The molecule has 4 rings (SSSR count). The number of nitrogens with zero attached hydrogens (tertiary/aromatic N) is 4. The van der Waals surface area contributed by atoms with Crippen LogP contribution in [0.2, 0.25) is 5.02 Å². The molecule has 1 aliphatic rings. The molecule has 0 saturated carbocycles. The molecule has 0 aliphatic carbocycles. The van der Waals surface area contributed by atoms with Crippen LogP contribution in [-0.2, 0) is 4.79 Å². The van der Waals surface area contributed by atoms with Crippen molar-refractivity contribution in [1.82, 2.24) is 24.8 Å². The first kappa shape index (κ1) is 21.2. The smallest absolute Gasteiger partial charge is 0.223 e. The Balaban J connectivity index is 1.53. The largest absolute Gasteiger partial charge is 0.365 e. The third-order valence-corrected chi connectivity index (χ3v) is 5.70. The Morgan fingerprint density at radius 3 is 3.10 bits per heavy atom. The van der Waals surface area contributed by atoms with Gasteiger partial charge >= 0.3 is 0 Å². The molecule has 4 heterocycles. The number of piperidine rings is 1. The van der Waals surface area contributed by atoms with E-state index in [2.05, 4.69) is 31.8 Å². The first-order valence-corrected chi connectivity index (χ1v) is 10.7. The number of aromatic nitrogens is 4. The number of hydrogen-bond acceptors (Lipinski definition) is 5. The zero-order valence-corrected chi connectivity index (χ0v) is 17.8. The fraction of sp³-hybridized carbons (Fsp3) is 0.364. The highest BCUT2D eigenvalue weighted by Crippen LogP contribution is 2.28. The van der Waals surface area contributed by atoms with Crippen molar-refractivity contribution in [2.75, 3.05) is 18.4 Å². The van der Waals surface area contributed by atoms with Gasteiger partial charge in [-0.3, -0.25) is 4.79 Å². The molecule has 0 radical (unpaired) electrons. The number of rotatable bonds is 7. The summed E-state index contributed by atoms with van der Waals surface area (Å²) < 4.78 is 14.4. The first-order valence-electron chi connectivity index (χ1n) is 10.4. The minimum Gasteiger partial charge on any atom is -0.365 e. The molecule has 31 heavy (non-hydrogen) atoms. The molecular weight excluding hydrogens is 419 g/mol. The maximum atomic E-state index is 14.4. The predicted molar refractivity (Wildman–Crippen MR) is 119 cm³/mol. The van der Waals surface area contributed by atoms with Crippen LogP contribution in [0, 0.1) is 5.82 Å². The van der Waals surface area contributed by atoms with Crippen LogP contribution in [0.1, 0.15) is 32.1 Å². The van der Waals surface area contributed by atoms with Gasteiger partial charge in [0, 0.05) is 48.9 Å². The number of carbonyl (C=O) groups is 1. The number of likely N-dealkylation sites (tertiary alicyclic amines) is 1. The monoisotopic (exact) mass is 442 g/mol. The van der Waals surface area contributed by atoms with Gasteiger partial charge in [0.05, 0.1) is 11.2 Å². The van der Waals surface area contributed by atoms with Gasteiger partial charge in [0.25, 0.3) is 0 Å². The summed E-state index contributed by atoms with van der Waals surface area (Å²) in [6, 6.07) is 1.77. The van der Waals surface area contributed by atoms with E-state index in [1.54, 1.807) is 24.5 Å². The number of anilines is 1. The quantitative estimate of drug-likeness (QED) is 0.523. The van der Waals surface area contributed by atoms with Gasteiger partial charge in [-0.25, -0.2) is 19.3 Å². The van der Waals surface area contributed by atoms with Crippen molar-refractivity contribution in [2.24, 2.45) is 0 Å². The second kappa shape index (κ2) is 9.43. The van der Waals surface area contributed by atoms with Crippen LogP contribution < -0.4 is 5.32 Å². The molecular formula is C22H24ClFN6O. The van der Waals surface area contributed by atoms with Gasteiger partial charge in [-0.1, -0.05) is 17.7 Å². The SMILES string of the molecule is C=CCCC(=O)N1CCCCC1CNc1nc(-c2c[nH]c3ncc(Cl)cc23)ncc1F. The lowest BCUT2D eigenvalue weighted by Gasteiger charge is -2.36. The lowest BCUT2D eigenvalue weighted by Crippen LogP contribution is -2.47. The number of hydrogen-bond donors (Lipinski definition) is 2. The number of halogens is 2. The normalized spacial score (nSPS) is 16.5. The topological polar surface area (TPSA) is 86.8 Å². The van der Waals surface area contributed by atoms with Crippen molar-refractivity contribution >= 4 is 34.4 Å². The number of fused-ring (bicyclic) bond motifs is 1. The van der Waals surface area contributed by atoms with Crippen LogP contribution >= 0.6 is 11.6 Å². The zero-order valence-electron chi connectivity index (χ0n) is 17.1. The summed E-state index contributed by atoms with van der Waals surface area (Å²) in [5, 5.41) is 4.35. The molecule has 1 unspecified atom stereocenters. The zero-order chi connectivity index (χ0) is 21.8. The average Bonchev–Trinajstić information content (AvgIpc) is 3.20. The number of carbonyl (C=O) groups excluding carboxylic acids is 1. The van der Waals surface area contributed by atoms with Gasteiger partial charge in [0.2, 0.25) is 5.91 Å². The molecule has 0 spiro atoms. The third kappa shape index (κ3) is 4.69. The summed E-state index contributed by atoms with van der Waals surface area (Å²) in [7, 11) is 0. The Bertz CT molecular complexity index is 1100. The molecule has 2 N–H and O–H groups in total.